The molecule has 1 N–H and O–H groups in total. The van der Waals surface area contributed by atoms with Gasteiger partial charge >= 0.3 is 5.97 Å². The number of nitrogens with one attached hydrogen (secondary N) is 1. The van der Waals surface area contributed by atoms with Gasteiger partial charge in [0, 0.05) is 6.54 Å². The fraction of sp³-hybridized carbons (Fsp3) is 0.571. The molecule has 0 aromatic heterocycles. The van der Waals surface area contributed by atoms with Crippen LogP contribution in [0.25, 0.3) is 0 Å². The predicted octanol–water partition coefficient (Wildman–Crippen LogP) is 1.82. The van der Waals surface area contributed by atoms with Gasteiger partial charge in [-0.15, -0.1) is 0 Å². The minimum atomic E-state index is -0.704. The molecule has 0 spiro atoms. The Hall–Kier alpha value is -2.41. The molecular weight excluding hydrogens is 360 g/mol. The maximum atomic E-state index is 12.9. The van der Waals surface area contributed by atoms with Gasteiger partial charge in [-0.2, -0.15) is 0 Å². The quantitative estimate of drug-likeness (QED) is 0.569. The van der Waals surface area contributed by atoms with E-state index in [1.54, 1.807) is 4.90 Å². The number of carbonyl (C=O) groups is 3. The van der Waals surface area contributed by atoms with Crippen molar-refractivity contribution in [3.05, 3.63) is 35.9 Å². The number of esters is 1. The summed E-state index contributed by atoms with van der Waals surface area (Å²) < 4.78 is 10.4. The highest BCUT2D eigenvalue weighted by Crippen LogP contribution is 2.40. The van der Waals surface area contributed by atoms with Gasteiger partial charge in [-0.1, -0.05) is 44.2 Å². The van der Waals surface area contributed by atoms with Crippen molar-refractivity contribution in [1.29, 1.82) is 0 Å². The Morgan fingerprint density at radius 1 is 1.25 bits per heavy atom. The smallest absolute Gasteiger partial charge is 0.328 e. The zero-order valence-electron chi connectivity index (χ0n) is 16.6. The number of hydrogen-bond acceptors (Lipinski definition) is 5. The van der Waals surface area contributed by atoms with Gasteiger partial charge in [0.2, 0.25) is 5.91 Å². The second-order valence-corrected chi connectivity index (χ2v) is 7.79. The van der Waals surface area contributed by atoms with E-state index in [1.165, 1.54) is 7.11 Å². The summed E-state index contributed by atoms with van der Waals surface area (Å²) in [5, 5.41) is 2.78. The molecule has 28 heavy (non-hydrogen) atoms. The summed E-state index contributed by atoms with van der Waals surface area (Å²) >= 11 is 0. The van der Waals surface area contributed by atoms with Crippen LogP contribution in [-0.4, -0.2) is 54.5 Å². The second kappa shape index (κ2) is 8.73. The predicted molar refractivity (Wildman–Crippen MR) is 102 cm³/mol. The number of methoxy groups -OCH3 is 1. The highest BCUT2D eigenvalue weighted by atomic mass is 16.6. The van der Waals surface area contributed by atoms with E-state index < -0.39 is 24.2 Å². The standard InChI is InChI=1S/C21H28N2O5/c1-13(2)12-15(21(26)27-3)22-19(24)16-10-7-11-23(16)20(25)18-17(28-18)14-8-5-4-6-9-14/h4-6,8-9,13,15-18H,7,10-12H2,1-3H3,(H,22,24)/t15-,16+,17-,18+/m0/s1. The van der Waals surface area contributed by atoms with E-state index in [1.807, 2.05) is 44.2 Å². The number of carbonyl (C=O) groups excluding carboxylic acids is 3. The third kappa shape index (κ3) is 4.52. The van der Waals surface area contributed by atoms with Crippen molar-refractivity contribution in [2.75, 3.05) is 13.7 Å². The van der Waals surface area contributed by atoms with Crippen molar-refractivity contribution < 1.29 is 23.9 Å². The van der Waals surface area contributed by atoms with Crippen LogP contribution in [0, 0.1) is 5.92 Å². The van der Waals surface area contributed by atoms with E-state index in [9.17, 15) is 14.4 Å². The number of likely N-dealkylation sites (tertiary alicyclic amines) is 1. The van der Waals surface area contributed by atoms with Crippen LogP contribution in [0.4, 0.5) is 0 Å². The molecule has 2 heterocycles. The SMILES string of the molecule is COC(=O)[C@H](CC(C)C)NC(=O)[C@H]1CCCN1C(=O)[C@@H]1O[C@H]1c1ccccc1. The molecule has 2 saturated heterocycles. The molecule has 0 aliphatic carbocycles. The maximum absolute atomic E-state index is 12.9. The summed E-state index contributed by atoms with van der Waals surface area (Å²) in [6.45, 7) is 4.47. The molecule has 2 aliphatic rings. The Labute approximate surface area is 165 Å². The largest absolute Gasteiger partial charge is 0.467 e. The Bertz CT molecular complexity index is 721. The van der Waals surface area contributed by atoms with Crippen molar-refractivity contribution >= 4 is 17.8 Å². The number of benzene rings is 1. The number of rotatable bonds is 7. The highest BCUT2D eigenvalue weighted by molar-refractivity contribution is 5.93. The van der Waals surface area contributed by atoms with Crippen LogP contribution < -0.4 is 5.32 Å². The number of nitrogens with zero attached hydrogens (tertiary/aromatic N) is 1. The van der Waals surface area contributed by atoms with Crippen molar-refractivity contribution in [1.82, 2.24) is 10.2 Å². The van der Waals surface area contributed by atoms with E-state index in [-0.39, 0.29) is 23.8 Å². The average molecular weight is 388 g/mol. The van der Waals surface area contributed by atoms with Crippen LogP contribution in [0.5, 0.6) is 0 Å². The molecule has 0 radical (unpaired) electrons. The first-order valence-corrected chi connectivity index (χ1v) is 9.81. The third-order valence-electron chi connectivity index (χ3n) is 5.21. The first kappa shape index (κ1) is 20.3. The first-order valence-electron chi connectivity index (χ1n) is 9.81. The van der Waals surface area contributed by atoms with E-state index in [0.717, 1.165) is 12.0 Å². The lowest BCUT2D eigenvalue weighted by Crippen LogP contribution is -2.52. The van der Waals surface area contributed by atoms with Gasteiger partial charge < -0.3 is 19.7 Å². The fourth-order valence-electron chi connectivity index (χ4n) is 3.76. The van der Waals surface area contributed by atoms with Crippen LogP contribution in [0.2, 0.25) is 0 Å². The molecule has 152 valence electrons. The van der Waals surface area contributed by atoms with Crippen LogP contribution in [0.15, 0.2) is 30.3 Å². The molecular formula is C21H28N2O5. The van der Waals surface area contributed by atoms with Crippen LogP contribution in [-0.2, 0) is 23.9 Å². The summed E-state index contributed by atoms with van der Waals surface area (Å²) in [7, 11) is 1.31. The van der Waals surface area contributed by atoms with Gasteiger partial charge in [-0.25, -0.2) is 4.79 Å². The summed E-state index contributed by atoms with van der Waals surface area (Å²) in [4.78, 5) is 39.3. The molecule has 3 rings (SSSR count). The van der Waals surface area contributed by atoms with E-state index in [2.05, 4.69) is 5.32 Å². The summed E-state index contributed by atoms with van der Waals surface area (Å²) in [5.41, 5.74) is 0.962. The Balaban J connectivity index is 1.63. The van der Waals surface area contributed by atoms with E-state index in [0.29, 0.717) is 19.4 Å². The Morgan fingerprint density at radius 3 is 2.61 bits per heavy atom. The van der Waals surface area contributed by atoms with Crippen molar-refractivity contribution in [2.24, 2.45) is 5.92 Å². The van der Waals surface area contributed by atoms with Crippen molar-refractivity contribution in [3.8, 4) is 0 Å². The lowest BCUT2D eigenvalue weighted by atomic mass is 10.0. The Kier molecular flexibility index (Phi) is 6.34. The fourth-order valence-corrected chi connectivity index (χ4v) is 3.76. The monoisotopic (exact) mass is 388 g/mol. The first-order chi connectivity index (χ1) is 13.4. The van der Waals surface area contributed by atoms with Crippen molar-refractivity contribution in [3.63, 3.8) is 0 Å². The van der Waals surface area contributed by atoms with Crippen LogP contribution in [0.3, 0.4) is 0 Å². The molecule has 2 aliphatic heterocycles. The van der Waals surface area contributed by atoms with Gasteiger partial charge in [0.1, 0.15) is 18.2 Å². The van der Waals surface area contributed by atoms with Crippen LogP contribution in [0.1, 0.15) is 44.8 Å². The average Bonchev–Trinajstić information content (AvgIpc) is 3.34. The molecule has 2 amide bonds. The highest BCUT2D eigenvalue weighted by Gasteiger charge is 2.50. The number of ether oxygens (including phenoxy) is 2. The minimum absolute atomic E-state index is 0.162. The molecule has 1 aromatic rings. The molecule has 7 heteroatoms. The normalized spacial score (nSPS) is 24.7. The molecule has 0 bridgehead atoms. The van der Waals surface area contributed by atoms with Crippen LogP contribution >= 0.6 is 0 Å². The minimum Gasteiger partial charge on any atom is -0.467 e. The lowest BCUT2D eigenvalue weighted by molar-refractivity contribution is -0.147. The summed E-state index contributed by atoms with van der Waals surface area (Å²) in [6, 6.07) is 8.31. The van der Waals surface area contributed by atoms with Gasteiger partial charge in [0.25, 0.3) is 5.91 Å². The van der Waals surface area contributed by atoms with Gasteiger partial charge in [-0.3, -0.25) is 9.59 Å². The number of hydrogen-bond donors (Lipinski definition) is 1. The number of amides is 2. The number of epoxide rings is 1. The van der Waals surface area contributed by atoms with Gasteiger partial charge in [0.15, 0.2) is 6.10 Å². The van der Waals surface area contributed by atoms with Gasteiger partial charge in [0.05, 0.1) is 7.11 Å². The molecule has 2 fully saturated rings. The zero-order valence-corrected chi connectivity index (χ0v) is 16.6. The maximum Gasteiger partial charge on any atom is 0.328 e. The van der Waals surface area contributed by atoms with E-state index in [4.69, 9.17) is 9.47 Å². The second-order valence-electron chi connectivity index (χ2n) is 7.79. The summed E-state index contributed by atoms with van der Waals surface area (Å²) in [5.74, 6) is -0.714. The molecule has 0 saturated carbocycles. The molecule has 4 atom stereocenters. The van der Waals surface area contributed by atoms with Crippen molar-refractivity contribution in [2.45, 2.75) is 57.4 Å². The third-order valence-corrected chi connectivity index (χ3v) is 5.21. The zero-order chi connectivity index (χ0) is 20.3. The molecule has 7 nitrogen and oxygen atoms in total. The van der Waals surface area contributed by atoms with E-state index >= 15 is 0 Å². The summed E-state index contributed by atoms with van der Waals surface area (Å²) in [6.07, 6.45) is 1.03. The van der Waals surface area contributed by atoms with Gasteiger partial charge in [-0.05, 0) is 30.7 Å². The Morgan fingerprint density at radius 2 is 1.96 bits per heavy atom. The lowest BCUT2D eigenvalue weighted by Gasteiger charge is -2.26. The molecule has 1 aromatic carbocycles. The topological polar surface area (TPSA) is 88.2 Å². The molecule has 0 unspecified atom stereocenters.